The third-order valence-electron chi connectivity index (χ3n) is 10.6. The van der Waals surface area contributed by atoms with Gasteiger partial charge in [0, 0.05) is 60.1 Å². The molecule has 0 bridgehead atoms. The first-order valence-corrected chi connectivity index (χ1v) is 21.4. The number of nitriles is 1. The minimum absolute atomic E-state index is 0. The molecule has 13 N–H and O–H groups in total. The number of carbonyl (C=O) groups excluding carboxylic acids is 2. The smallest absolute Gasteiger partial charge is 0.323 e. The number of fused-ring (bicyclic) bond motifs is 1. The van der Waals surface area contributed by atoms with Crippen LogP contribution in [-0.4, -0.2) is 105 Å². The average molecular weight is 1070 g/mol. The molecule has 0 aliphatic carbocycles. The van der Waals surface area contributed by atoms with E-state index < -0.39 is 11.8 Å². The van der Waals surface area contributed by atoms with Crippen LogP contribution in [-0.2, 0) is 22.7 Å². The molecule has 3 aromatic heterocycles. The average Bonchev–Trinajstić information content (AvgIpc) is 3.78. The highest BCUT2D eigenvalue weighted by atomic mass is 127. The summed E-state index contributed by atoms with van der Waals surface area (Å²) in [5.41, 5.74) is 12.2. The summed E-state index contributed by atoms with van der Waals surface area (Å²) in [7, 11) is 0. The molecule has 9 rings (SSSR count). The van der Waals surface area contributed by atoms with Gasteiger partial charge in [0.05, 0.1) is 39.6 Å². The van der Waals surface area contributed by atoms with Crippen LogP contribution in [0.3, 0.4) is 0 Å². The molecule has 0 radical (unpaired) electrons. The van der Waals surface area contributed by atoms with Gasteiger partial charge in [0.25, 0.3) is 0 Å². The van der Waals surface area contributed by atoms with Gasteiger partial charge in [-0.1, -0.05) is 24.3 Å². The molecule has 4 aromatic carbocycles. The van der Waals surface area contributed by atoms with Gasteiger partial charge in [0.1, 0.15) is 17.1 Å². The van der Waals surface area contributed by atoms with Crippen LogP contribution < -0.4 is 72.5 Å². The fraction of sp³-hybridized carbons (Fsp3) is 0.217. The van der Waals surface area contributed by atoms with Crippen LogP contribution in [0.4, 0.5) is 54.2 Å². The standard InChI is InChI=1S/C23H21FN6O3.C23H24N8O3.HI.H4N2/c24-20-19(13-25)28-21(29-22(20)30-9-11-33-12-10-30)16-3-7-18(8-4-16)27-23(32)26-17-5-1-15(14-31)2-6-17;24-20-18-19(29-30-20)22(31-9-11-34-12-10-31)28-21(27-18)15-3-7-17(8-4-15)26-23(33)25-16-5-1-14(13-32)2-6-16;;1-2/h1-8,31H,9-12,14H2,(H2,26,27,32);1-8,32H,9-13H2,(H3,24,29,30)(H2,25,26,33);1H;1-2H2/p-1. The lowest BCUT2D eigenvalue weighted by Gasteiger charge is -2.28. The van der Waals surface area contributed by atoms with Crippen LogP contribution in [0.5, 0.6) is 0 Å². The van der Waals surface area contributed by atoms with Crippen molar-refractivity contribution in [3.8, 4) is 28.8 Å². The Hall–Kier alpha value is -7.64. The van der Waals surface area contributed by atoms with Gasteiger partial charge in [-0.2, -0.15) is 14.8 Å². The maximum absolute atomic E-state index is 14.7. The number of ether oxygens (including phenoxy) is 2. The Bertz CT molecular complexity index is 2880. The molecule has 70 heavy (non-hydrogen) atoms. The number of hydrazine groups is 1. The normalized spacial score (nSPS) is 13.0. The quantitative estimate of drug-likeness (QED) is 0.0527. The summed E-state index contributed by atoms with van der Waals surface area (Å²) in [6, 6.07) is 28.7. The van der Waals surface area contributed by atoms with Crippen molar-refractivity contribution in [2.24, 2.45) is 11.7 Å². The number of rotatable bonds is 10. The highest BCUT2D eigenvalue weighted by Gasteiger charge is 2.23. The topological polar surface area (TPSA) is 330 Å². The number of aromatic nitrogens is 6. The number of carbonyl (C=O) groups is 2. The third kappa shape index (κ3) is 13.1. The number of benzene rings is 4. The Morgan fingerprint density at radius 3 is 1.44 bits per heavy atom. The third-order valence-corrected chi connectivity index (χ3v) is 10.6. The van der Waals surface area contributed by atoms with Crippen LogP contribution in [0.2, 0.25) is 0 Å². The zero-order chi connectivity index (χ0) is 48.7. The van der Waals surface area contributed by atoms with Gasteiger partial charge in [0.15, 0.2) is 34.8 Å². The summed E-state index contributed by atoms with van der Waals surface area (Å²) < 4.78 is 25.4. The lowest BCUT2D eigenvalue weighted by Crippen LogP contribution is -3.00. The summed E-state index contributed by atoms with van der Waals surface area (Å²) in [5.74, 6) is 9.12. The van der Waals surface area contributed by atoms with Crippen molar-refractivity contribution in [1.29, 1.82) is 5.26 Å². The molecule has 2 aliphatic heterocycles. The number of aromatic amines is 1. The minimum atomic E-state index is -0.745. The molecule has 364 valence electrons. The number of nitrogens with one attached hydrogen (secondary N) is 5. The van der Waals surface area contributed by atoms with Crippen LogP contribution in [0.25, 0.3) is 33.8 Å². The molecule has 7 aromatic rings. The minimum Gasteiger partial charge on any atom is -1.00 e. The largest absolute Gasteiger partial charge is 1.00 e. The monoisotopic (exact) mass is 1070 g/mol. The number of urea groups is 2. The Kier molecular flexibility index (Phi) is 18.6. The Balaban J connectivity index is 0.000000219. The van der Waals surface area contributed by atoms with E-state index in [1.54, 1.807) is 95.9 Å². The van der Waals surface area contributed by atoms with E-state index in [1.807, 2.05) is 12.1 Å². The number of nitrogen functional groups attached to an aromatic ring is 1. The molecule has 2 fully saturated rings. The van der Waals surface area contributed by atoms with Crippen molar-refractivity contribution in [1.82, 2.24) is 30.1 Å². The number of H-pyrrole nitrogens is 1. The van der Waals surface area contributed by atoms with Crippen molar-refractivity contribution in [2.45, 2.75) is 13.2 Å². The van der Waals surface area contributed by atoms with Gasteiger partial charge in [-0.3, -0.25) is 16.8 Å². The predicted octanol–water partition coefficient (Wildman–Crippen LogP) is 1.53. The van der Waals surface area contributed by atoms with E-state index in [-0.39, 0.29) is 60.6 Å². The molecular formula is C46H49FIN16O6-. The summed E-state index contributed by atoms with van der Waals surface area (Å²) >= 11 is 0. The van der Waals surface area contributed by atoms with E-state index >= 15 is 0 Å². The van der Waals surface area contributed by atoms with Crippen LogP contribution in [0, 0.1) is 17.1 Å². The molecule has 22 nitrogen and oxygen atoms in total. The van der Waals surface area contributed by atoms with Crippen molar-refractivity contribution in [3.63, 3.8) is 0 Å². The molecule has 2 saturated heterocycles. The summed E-state index contributed by atoms with van der Waals surface area (Å²) in [4.78, 5) is 46.2. The molecule has 0 saturated carbocycles. The van der Waals surface area contributed by atoms with E-state index in [0.717, 1.165) is 22.5 Å². The number of nitrogens with zero attached hydrogens (tertiary/aromatic N) is 8. The molecular weight excluding hydrogens is 1020 g/mol. The van der Waals surface area contributed by atoms with E-state index in [1.165, 1.54) is 0 Å². The lowest BCUT2D eigenvalue weighted by atomic mass is 10.2. The van der Waals surface area contributed by atoms with Gasteiger partial charge in [-0.25, -0.2) is 29.5 Å². The molecule has 0 spiro atoms. The maximum atomic E-state index is 14.7. The van der Waals surface area contributed by atoms with Crippen molar-refractivity contribution < 1.29 is 57.6 Å². The van der Waals surface area contributed by atoms with E-state index in [4.69, 9.17) is 30.4 Å². The van der Waals surface area contributed by atoms with Crippen LogP contribution in [0.1, 0.15) is 16.8 Å². The summed E-state index contributed by atoms with van der Waals surface area (Å²) in [6.45, 7) is 4.41. The highest BCUT2D eigenvalue weighted by molar-refractivity contribution is 6.00. The second kappa shape index (κ2) is 25.1. The number of hydrogen-bond donors (Lipinski definition) is 10. The molecule has 0 atom stereocenters. The number of hydrogen-bond acceptors (Lipinski definition) is 17. The molecule has 4 amide bonds. The highest BCUT2D eigenvalue weighted by Crippen LogP contribution is 2.30. The molecule has 2 aliphatic rings. The van der Waals surface area contributed by atoms with Crippen LogP contribution >= 0.6 is 0 Å². The van der Waals surface area contributed by atoms with Gasteiger partial charge < -0.3 is 80.5 Å². The number of anilines is 7. The molecule has 24 heteroatoms. The fourth-order valence-electron chi connectivity index (χ4n) is 7.04. The van der Waals surface area contributed by atoms with E-state index in [2.05, 4.69) is 63.0 Å². The van der Waals surface area contributed by atoms with E-state index in [9.17, 15) is 19.2 Å². The maximum Gasteiger partial charge on any atom is 0.323 e. The first-order valence-electron chi connectivity index (χ1n) is 21.4. The predicted molar refractivity (Wildman–Crippen MR) is 258 cm³/mol. The second-order valence-corrected chi connectivity index (χ2v) is 15.1. The van der Waals surface area contributed by atoms with Crippen molar-refractivity contribution >= 4 is 63.3 Å². The summed E-state index contributed by atoms with van der Waals surface area (Å²) in [6.07, 6.45) is 0. The summed E-state index contributed by atoms with van der Waals surface area (Å²) in [5, 5.41) is 45.5. The lowest BCUT2D eigenvalue weighted by molar-refractivity contribution is -0.0000240. The second-order valence-electron chi connectivity index (χ2n) is 15.1. The Morgan fingerprint density at radius 1 is 0.643 bits per heavy atom. The number of morpholine rings is 2. The molecule has 5 heterocycles. The van der Waals surface area contributed by atoms with Crippen LogP contribution in [0.15, 0.2) is 97.1 Å². The fourth-order valence-corrected chi connectivity index (χ4v) is 7.04. The van der Waals surface area contributed by atoms with E-state index in [0.29, 0.717) is 104 Å². The Labute approximate surface area is 417 Å². The van der Waals surface area contributed by atoms with Crippen molar-refractivity contribution in [3.05, 3.63) is 120 Å². The SMILES string of the molecule is N#Cc1nc(-c2ccc(NC(=O)Nc3ccc(CO)cc3)cc2)nc(N2CCOCC2)c1F.NN.Nc1n[nH]c2c(N3CCOCC3)nc(-c3ccc(NC(=O)Nc4ccc(CO)cc4)cc3)nc12.[I-]. The van der Waals surface area contributed by atoms with Gasteiger partial charge in [0.2, 0.25) is 5.82 Å². The number of aliphatic hydroxyl groups is 2. The number of aliphatic hydroxyl groups excluding tert-OH is 2. The van der Waals surface area contributed by atoms with Gasteiger partial charge in [-0.15, -0.1) is 0 Å². The number of halogens is 2. The van der Waals surface area contributed by atoms with Crippen molar-refractivity contribution in [2.75, 3.05) is 89.4 Å². The zero-order valence-corrected chi connectivity index (χ0v) is 39.6. The molecule has 0 unspecified atom stereocenters. The first-order chi connectivity index (χ1) is 33.7. The zero-order valence-electron chi connectivity index (χ0n) is 37.4. The number of amides is 4. The Morgan fingerprint density at radius 2 is 1.03 bits per heavy atom. The first kappa shape index (κ1) is 51.7. The van der Waals surface area contributed by atoms with Gasteiger partial charge in [-0.05, 0) is 83.9 Å². The number of nitrogens with two attached hydrogens (primary N) is 3. The van der Waals surface area contributed by atoms with Gasteiger partial charge >= 0.3 is 12.1 Å².